The van der Waals surface area contributed by atoms with Crippen LogP contribution in [0.4, 0.5) is 11.4 Å². The number of hydrogen-bond donors (Lipinski definition) is 1. The molecule has 7 heteroatoms. The SMILES string of the molecule is CCc1ccc(C(=O)N2CCN(c3ccc(NS(=O)(=O)c4ccc(C)cc4)cc3)CC2)cc1. The fourth-order valence-corrected chi connectivity index (χ4v) is 4.96. The molecule has 3 aromatic carbocycles. The molecule has 1 fully saturated rings. The molecule has 33 heavy (non-hydrogen) atoms. The Kier molecular flexibility index (Phi) is 6.70. The summed E-state index contributed by atoms with van der Waals surface area (Å²) in [5, 5.41) is 0. The minimum Gasteiger partial charge on any atom is -0.368 e. The standard InChI is InChI=1S/C26H29N3O3S/c1-3-21-6-8-22(9-7-21)26(30)29-18-16-28(17-19-29)24-12-10-23(11-13-24)27-33(31,32)25-14-4-20(2)5-15-25/h4-15,27H,3,16-19H2,1-2H3. The molecule has 0 radical (unpaired) electrons. The highest BCUT2D eigenvalue weighted by Gasteiger charge is 2.22. The van der Waals surface area contributed by atoms with Crippen LogP contribution in [-0.4, -0.2) is 45.4 Å². The molecule has 1 aliphatic rings. The predicted molar refractivity (Wildman–Crippen MR) is 132 cm³/mol. The van der Waals surface area contributed by atoms with Gasteiger partial charge < -0.3 is 9.80 Å². The van der Waals surface area contributed by atoms with Crippen molar-refractivity contribution in [1.82, 2.24) is 4.90 Å². The van der Waals surface area contributed by atoms with Crippen molar-refractivity contribution in [1.29, 1.82) is 0 Å². The Morgan fingerprint density at radius 1 is 0.848 bits per heavy atom. The maximum atomic E-state index is 12.8. The summed E-state index contributed by atoms with van der Waals surface area (Å²) in [5.41, 5.74) is 4.48. The monoisotopic (exact) mass is 463 g/mol. The second-order valence-electron chi connectivity index (χ2n) is 8.30. The van der Waals surface area contributed by atoms with Crippen LogP contribution in [0.15, 0.2) is 77.7 Å². The van der Waals surface area contributed by atoms with Crippen LogP contribution in [0.3, 0.4) is 0 Å². The molecule has 1 aliphatic heterocycles. The van der Waals surface area contributed by atoms with E-state index in [1.54, 1.807) is 36.4 Å². The Hall–Kier alpha value is -3.32. The van der Waals surface area contributed by atoms with E-state index < -0.39 is 10.0 Å². The Labute approximate surface area is 195 Å². The second kappa shape index (κ2) is 9.67. The van der Waals surface area contributed by atoms with Crippen LogP contribution < -0.4 is 9.62 Å². The summed E-state index contributed by atoms with van der Waals surface area (Å²) in [6, 6.07) is 22.0. The number of aryl methyl sites for hydroxylation is 2. The molecule has 0 aliphatic carbocycles. The summed E-state index contributed by atoms with van der Waals surface area (Å²) in [6.45, 7) is 6.77. The number of sulfonamides is 1. The van der Waals surface area contributed by atoms with Crippen LogP contribution in [-0.2, 0) is 16.4 Å². The van der Waals surface area contributed by atoms with Crippen molar-refractivity contribution in [2.24, 2.45) is 0 Å². The molecule has 172 valence electrons. The van der Waals surface area contributed by atoms with E-state index in [4.69, 9.17) is 0 Å². The molecule has 0 spiro atoms. The largest absolute Gasteiger partial charge is 0.368 e. The zero-order chi connectivity index (χ0) is 23.4. The first-order valence-electron chi connectivity index (χ1n) is 11.2. The maximum Gasteiger partial charge on any atom is 0.261 e. The van der Waals surface area contributed by atoms with Gasteiger partial charge in [-0.1, -0.05) is 36.8 Å². The van der Waals surface area contributed by atoms with Gasteiger partial charge in [0.15, 0.2) is 0 Å². The van der Waals surface area contributed by atoms with Gasteiger partial charge in [-0.2, -0.15) is 0 Å². The van der Waals surface area contributed by atoms with Gasteiger partial charge >= 0.3 is 0 Å². The zero-order valence-electron chi connectivity index (χ0n) is 19.0. The summed E-state index contributed by atoms with van der Waals surface area (Å²) in [4.78, 5) is 17.1. The third kappa shape index (κ3) is 5.37. The van der Waals surface area contributed by atoms with E-state index in [2.05, 4.69) is 16.5 Å². The van der Waals surface area contributed by atoms with Crippen molar-refractivity contribution >= 4 is 27.3 Å². The summed E-state index contributed by atoms with van der Waals surface area (Å²) >= 11 is 0. The molecule has 1 amide bonds. The van der Waals surface area contributed by atoms with E-state index in [1.807, 2.05) is 48.2 Å². The number of nitrogens with zero attached hydrogens (tertiary/aromatic N) is 2. The van der Waals surface area contributed by atoms with Gasteiger partial charge in [-0.05, 0) is 67.4 Å². The third-order valence-corrected chi connectivity index (χ3v) is 7.39. The molecule has 1 heterocycles. The summed E-state index contributed by atoms with van der Waals surface area (Å²) in [6.07, 6.45) is 0.958. The van der Waals surface area contributed by atoms with Crippen molar-refractivity contribution in [3.63, 3.8) is 0 Å². The predicted octanol–water partition coefficient (Wildman–Crippen LogP) is 4.32. The van der Waals surface area contributed by atoms with E-state index in [0.717, 1.165) is 36.3 Å². The van der Waals surface area contributed by atoms with Gasteiger partial charge in [0.25, 0.3) is 15.9 Å². The minimum atomic E-state index is -3.62. The topological polar surface area (TPSA) is 69.7 Å². The number of amides is 1. The van der Waals surface area contributed by atoms with Crippen molar-refractivity contribution in [2.45, 2.75) is 25.2 Å². The molecule has 6 nitrogen and oxygen atoms in total. The Bertz CT molecular complexity index is 1200. The number of carbonyl (C=O) groups is 1. The first-order chi connectivity index (χ1) is 15.9. The minimum absolute atomic E-state index is 0.0677. The van der Waals surface area contributed by atoms with Crippen LogP contribution in [0, 0.1) is 6.92 Å². The van der Waals surface area contributed by atoms with Gasteiger partial charge in [0.1, 0.15) is 0 Å². The van der Waals surface area contributed by atoms with E-state index in [1.165, 1.54) is 5.56 Å². The lowest BCUT2D eigenvalue weighted by Gasteiger charge is -2.36. The number of carbonyl (C=O) groups excluding carboxylic acids is 1. The first-order valence-corrected chi connectivity index (χ1v) is 12.7. The van der Waals surface area contributed by atoms with Gasteiger partial charge in [-0.3, -0.25) is 9.52 Å². The highest BCUT2D eigenvalue weighted by molar-refractivity contribution is 7.92. The third-order valence-electron chi connectivity index (χ3n) is 5.99. The van der Waals surface area contributed by atoms with Gasteiger partial charge in [-0.25, -0.2) is 8.42 Å². The Morgan fingerprint density at radius 3 is 2.03 bits per heavy atom. The van der Waals surface area contributed by atoms with Crippen LogP contribution in [0.25, 0.3) is 0 Å². The number of nitrogens with one attached hydrogen (secondary N) is 1. The highest BCUT2D eigenvalue weighted by atomic mass is 32.2. The molecule has 0 saturated carbocycles. The lowest BCUT2D eigenvalue weighted by Crippen LogP contribution is -2.48. The number of hydrogen-bond acceptors (Lipinski definition) is 4. The van der Waals surface area contributed by atoms with Gasteiger partial charge in [0.2, 0.25) is 0 Å². The van der Waals surface area contributed by atoms with Crippen molar-refractivity contribution in [3.8, 4) is 0 Å². The van der Waals surface area contributed by atoms with Crippen LogP contribution in [0.2, 0.25) is 0 Å². The van der Waals surface area contributed by atoms with Crippen molar-refractivity contribution < 1.29 is 13.2 Å². The molecule has 0 unspecified atom stereocenters. The lowest BCUT2D eigenvalue weighted by molar-refractivity contribution is 0.0747. The normalized spacial score (nSPS) is 14.2. The molecule has 0 bridgehead atoms. The number of rotatable bonds is 6. The molecule has 4 rings (SSSR count). The Morgan fingerprint density at radius 2 is 1.45 bits per heavy atom. The maximum absolute atomic E-state index is 12.8. The van der Waals surface area contributed by atoms with Crippen LogP contribution in [0.1, 0.15) is 28.4 Å². The second-order valence-corrected chi connectivity index (χ2v) is 9.98. The summed E-state index contributed by atoms with van der Waals surface area (Å²) < 4.78 is 27.8. The van der Waals surface area contributed by atoms with Gasteiger partial charge in [0, 0.05) is 43.1 Å². The molecule has 1 N–H and O–H groups in total. The van der Waals surface area contributed by atoms with Gasteiger partial charge in [0.05, 0.1) is 4.90 Å². The summed E-state index contributed by atoms with van der Waals surface area (Å²) in [7, 11) is -3.62. The zero-order valence-corrected chi connectivity index (χ0v) is 19.8. The lowest BCUT2D eigenvalue weighted by atomic mass is 10.1. The average molecular weight is 464 g/mol. The van der Waals surface area contributed by atoms with E-state index in [-0.39, 0.29) is 10.8 Å². The van der Waals surface area contributed by atoms with E-state index >= 15 is 0 Å². The highest BCUT2D eigenvalue weighted by Crippen LogP contribution is 2.22. The number of anilines is 2. The average Bonchev–Trinajstić information content (AvgIpc) is 2.84. The molecular formula is C26H29N3O3S. The van der Waals surface area contributed by atoms with Crippen molar-refractivity contribution in [2.75, 3.05) is 35.8 Å². The van der Waals surface area contributed by atoms with Gasteiger partial charge in [-0.15, -0.1) is 0 Å². The van der Waals surface area contributed by atoms with Crippen LogP contribution in [0.5, 0.6) is 0 Å². The Balaban J connectivity index is 1.35. The fraction of sp³-hybridized carbons (Fsp3) is 0.269. The molecule has 3 aromatic rings. The van der Waals surface area contributed by atoms with E-state index in [9.17, 15) is 13.2 Å². The molecular weight excluding hydrogens is 434 g/mol. The summed E-state index contributed by atoms with van der Waals surface area (Å²) in [5.74, 6) is 0.0677. The van der Waals surface area contributed by atoms with Crippen LogP contribution >= 0.6 is 0 Å². The van der Waals surface area contributed by atoms with E-state index in [0.29, 0.717) is 18.8 Å². The number of piperazine rings is 1. The molecule has 0 aromatic heterocycles. The fourth-order valence-electron chi connectivity index (χ4n) is 3.91. The first kappa shape index (κ1) is 22.9. The molecule has 1 saturated heterocycles. The molecule has 0 atom stereocenters. The van der Waals surface area contributed by atoms with Crippen molar-refractivity contribution in [3.05, 3.63) is 89.5 Å². The quantitative estimate of drug-likeness (QED) is 0.591. The smallest absolute Gasteiger partial charge is 0.261 e. The number of benzene rings is 3.